The molecule has 2 heterocycles. The summed E-state index contributed by atoms with van der Waals surface area (Å²) < 4.78 is 18.0. The van der Waals surface area contributed by atoms with Gasteiger partial charge < -0.3 is 14.7 Å². The number of halogens is 1. The van der Waals surface area contributed by atoms with E-state index in [0.717, 1.165) is 12.1 Å². The molecule has 9 heteroatoms. The van der Waals surface area contributed by atoms with E-state index in [1.54, 1.807) is 0 Å². The van der Waals surface area contributed by atoms with E-state index in [-0.39, 0.29) is 37.4 Å². The molecule has 114 valence electrons. The van der Waals surface area contributed by atoms with Crippen LogP contribution >= 0.6 is 0 Å². The highest BCUT2D eigenvalue weighted by atomic mass is 19.1. The van der Waals surface area contributed by atoms with Crippen molar-refractivity contribution in [2.24, 2.45) is 0 Å². The van der Waals surface area contributed by atoms with Gasteiger partial charge in [-0.2, -0.15) is 9.37 Å². The Morgan fingerprint density at radius 2 is 2.14 bits per heavy atom. The number of piperidine rings is 1. The van der Waals surface area contributed by atoms with Crippen molar-refractivity contribution in [2.75, 3.05) is 18.0 Å². The highest BCUT2D eigenvalue weighted by molar-refractivity contribution is 5.66. The van der Waals surface area contributed by atoms with Crippen LogP contribution in [0.5, 0.6) is 0 Å². The number of pyridine rings is 1. The van der Waals surface area contributed by atoms with Crippen molar-refractivity contribution in [3.8, 4) is 0 Å². The van der Waals surface area contributed by atoms with Crippen molar-refractivity contribution < 1.29 is 24.0 Å². The number of hydrogen-bond donors (Lipinski definition) is 1. The number of esters is 1. The number of ether oxygens (including phenoxy) is 1. The molecule has 0 amide bonds. The Bertz CT molecular complexity index is 572. The highest BCUT2D eigenvalue weighted by Crippen LogP contribution is 2.31. The second-order valence-electron chi connectivity index (χ2n) is 4.76. The minimum Gasteiger partial charge on any atom is -0.433 e. The van der Waals surface area contributed by atoms with Gasteiger partial charge in [0.05, 0.1) is 4.92 Å². The number of aromatic nitrogens is 1. The number of carbonyl (C=O) groups excluding carboxylic acids is 1. The average Bonchev–Trinajstić information content (AvgIpc) is 2.37. The fraction of sp³-hybridized carbons (Fsp3) is 0.500. The third-order valence-electron chi connectivity index (χ3n) is 3.20. The van der Waals surface area contributed by atoms with Gasteiger partial charge in [-0.05, 0) is 0 Å². The molecular formula is C12H14FN3O5. The van der Waals surface area contributed by atoms with Crippen molar-refractivity contribution in [3.63, 3.8) is 0 Å². The summed E-state index contributed by atoms with van der Waals surface area (Å²) in [5.41, 5.74) is -0.311. The molecule has 0 aliphatic carbocycles. The van der Waals surface area contributed by atoms with E-state index in [2.05, 4.69) is 4.98 Å². The van der Waals surface area contributed by atoms with Crippen LogP contribution in [0.25, 0.3) is 0 Å². The molecule has 1 aliphatic rings. The Hall–Kier alpha value is -2.29. The van der Waals surface area contributed by atoms with Gasteiger partial charge in [0.25, 0.3) is 0 Å². The summed E-state index contributed by atoms with van der Waals surface area (Å²) in [5, 5.41) is 21.0. The summed E-state index contributed by atoms with van der Waals surface area (Å²) in [5.74, 6) is -3.12. The van der Waals surface area contributed by atoms with Crippen LogP contribution in [0.4, 0.5) is 15.9 Å². The van der Waals surface area contributed by atoms with Crippen LogP contribution in [-0.2, 0) is 9.53 Å². The molecule has 0 spiro atoms. The Morgan fingerprint density at radius 3 is 2.67 bits per heavy atom. The van der Waals surface area contributed by atoms with E-state index in [9.17, 15) is 24.4 Å². The van der Waals surface area contributed by atoms with Gasteiger partial charge in [0.15, 0.2) is 0 Å². The number of nitro groups is 1. The second-order valence-corrected chi connectivity index (χ2v) is 4.76. The molecule has 0 bridgehead atoms. The molecule has 0 radical (unpaired) electrons. The van der Waals surface area contributed by atoms with Crippen LogP contribution in [0.3, 0.4) is 0 Å². The van der Waals surface area contributed by atoms with Gasteiger partial charge in [-0.1, -0.05) is 0 Å². The van der Waals surface area contributed by atoms with Gasteiger partial charge in [0.1, 0.15) is 0 Å². The largest absolute Gasteiger partial charge is 0.433 e. The standard InChI is InChI=1S/C12H14FN3O5/c1-8(17)21-12(18)4-6-15(7-5-12)11-9(16(19)20)2-3-10(13)14-11/h2-3,18H,4-7H2,1H3. The summed E-state index contributed by atoms with van der Waals surface area (Å²) in [7, 11) is 0. The van der Waals surface area contributed by atoms with Crippen molar-refractivity contribution in [1.82, 2.24) is 4.98 Å². The summed E-state index contributed by atoms with van der Waals surface area (Å²) in [6.45, 7) is 1.49. The predicted octanol–water partition coefficient (Wildman–Crippen LogP) is 0.981. The van der Waals surface area contributed by atoms with Crippen LogP contribution in [0.1, 0.15) is 19.8 Å². The molecule has 1 fully saturated rings. The zero-order chi connectivity index (χ0) is 15.6. The van der Waals surface area contributed by atoms with Gasteiger partial charge in [-0.25, -0.2) is 0 Å². The van der Waals surface area contributed by atoms with Crippen LogP contribution in [0.15, 0.2) is 12.1 Å². The Morgan fingerprint density at radius 1 is 1.52 bits per heavy atom. The van der Waals surface area contributed by atoms with Crippen LogP contribution in [-0.4, -0.2) is 39.9 Å². The monoisotopic (exact) mass is 299 g/mol. The lowest BCUT2D eigenvalue weighted by Gasteiger charge is -2.37. The van der Waals surface area contributed by atoms with Gasteiger partial charge in [-0.15, -0.1) is 0 Å². The van der Waals surface area contributed by atoms with Crippen LogP contribution in [0, 0.1) is 16.1 Å². The summed E-state index contributed by atoms with van der Waals surface area (Å²) in [6.07, 6.45) is 0.115. The first kappa shape index (κ1) is 15.1. The molecule has 0 saturated carbocycles. The predicted molar refractivity (Wildman–Crippen MR) is 69.0 cm³/mol. The normalized spacial score (nSPS) is 17.4. The maximum atomic E-state index is 13.2. The molecule has 1 saturated heterocycles. The molecular weight excluding hydrogens is 285 g/mol. The number of nitrogens with zero attached hydrogens (tertiary/aromatic N) is 3. The maximum Gasteiger partial charge on any atom is 0.311 e. The number of aliphatic hydroxyl groups is 1. The SMILES string of the molecule is CC(=O)OC1(O)CCN(c2nc(F)ccc2[N+](=O)[O-])CC1. The molecule has 1 aromatic heterocycles. The molecule has 1 N–H and O–H groups in total. The molecule has 0 aromatic carbocycles. The lowest BCUT2D eigenvalue weighted by Crippen LogP contribution is -2.47. The molecule has 21 heavy (non-hydrogen) atoms. The zero-order valence-electron chi connectivity index (χ0n) is 11.3. The number of hydrogen-bond acceptors (Lipinski definition) is 7. The van der Waals surface area contributed by atoms with E-state index in [4.69, 9.17) is 4.74 Å². The molecule has 8 nitrogen and oxygen atoms in total. The lowest BCUT2D eigenvalue weighted by molar-refractivity contribution is -0.384. The van der Waals surface area contributed by atoms with E-state index in [0.29, 0.717) is 0 Å². The first-order valence-electron chi connectivity index (χ1n) is 6.28. The van der Waals surface area contributed by atoms with Crippen molar-refractivity contribution >= 4 is 17.5 Å². The van der Waals surface area contributed by atoms with Gasteiger partial charge in [0, 0.05) is 45.0 Å². The Kier molecular flexibility index (Phi) is 4.03. The first-order valence-corrected chi connectivity index (χ1v) is 6.28. The number of carbonyl (C=O) groups is 1. The van der Waals surface area contributed by atoms with E-state index in [1.807, 2.05) is 0 Å². The van der Waals surface area contributed by atoms with Crippen molar-refractivity contribution in [1.29, 1.82) is 0 Å². The third kappa shape index (κ3) is 3.43. The van der Waals surface area contributed by atoms with Gasteiger partial charge in [-0.3, -0.25) is 14.9 Å². The Labute approximate surface area is 119 Å². The molecule has 2 rings (SSSR count). The molecule has 0 atom stereocenters. The fourth-order valence-corrected chi connectivity index (χ4v) is 2.23. The van der Waals surface area contributed by atoms with Crippen molar-refractivity contribution in [3.05, 3.63) is 28.2 Å². The fourth-order valence-electron chi connectivity index (χ4n) is 2.23. The second kappa shape index (κ2) is 5.60. The van der Waals surface area contributed by atoms with E-state index >= 15 is 0 Å². The van der Waals surface area contributed by atoms with Gasteiger partial charge >= 0.3 is 11.7 Å². The molecule has 1 aliphatic heterocycles. The molecule has 1 aromatic rings. The lowest BCUT2D eigenvalue weighted by atomic mass is 10.0. The number of anilines is 1. The highest BCUT2D eigenvalue weighted by Gasteiger charge is 2.37. The van der Waals surface area contributed by atoms with E-state index < -0.39 is 22.6 Å². The van der Waals surface area contributed by atoms with E-state index in [1.165, 1.54) is 11.8 Å². The summed E-state index contributed by atoms with van der Waals surface area (Å²) in [4.78, 5) is 26.3. The zero-order valence-corrected chi connectivity index (χ0v) is 11.3. The Balaban J connectivity index is 2.17. The quantitative estimate of drug-likeness (QED) is 0.291. The molecule has 0 unspecified atom stereocenters. The minimum absolute atomic E-state index is 0.0575. The average molecular weight is 299 g/mol. The van der Waals surface area contributed by atoms with Crippen LogP contribution < -0.4 is 4.90 Å². The number of rotatable bonds is 3. The summed E-state index contributed by atoms with van der Waals surface area (Å²) in [6, 6.07) is 1.96. The van der Waals surface area contributed by atoms with Crippen LogP contribution in [0.2, 0.25) is 0 Å². The minimum atomic E-state index is -1.59. The third-order valence-corrected chi connectivity index (χ3v) is 3.20. The topological polar surface area (TPSA) is 106 Å². The van der Waals surface area contributed by atoms with Gasteiger partial charge in [0.2, 0.25) is 17.6 Å². The smallest absolute Gasteiger partial charge is 0.311 e. The summed E-state index contributed by atoms with van der Waals surface area (Å²) >= 11 is 0. The van der Waals surface area contributed by atoms with Crippen molar-refractivity contribution in [2.45, 2.75) is 25.6 Å². The first-order chi connectivity index (χ1) is 9.81. The maximum absolute atomic E-state index is 13.2.